The summed E-state index contributed by atoms with van der Waals surface area (Å²) in [6.07, 6.45) is 1.33. The summed E-state index contributed by atoms with van der Waals surface area (Å²) >= 11 is 5.47. The Hall–Kier alpha value is -0.930. The minimum absolute atomic E-state index is 0.333. The summed E-state index contributed by atoms with van der Waals surface area (Å²) < 4.78 is 0. The molecule has 0 unspecified atom stereocenters. The van der Waals surface area contributed by atoms with Crippen molar-refractivity contribution in [3.8, 4) is 0 Å². The van der Waals surface area contributed by atoms with E-state index in [4.69, 9.17) is 16.7 Å². The molecule has 0 radical (unpaired) electrons. The number of aliphatic hydroxyl groups excluding tert-OH is 1. The normalized spacial score (nSPS) is 9.64. The smallest absolute Gasteiger partial charge is 0.189 e. The van der Waals surface area contributed by atoms with Crippen LogP contribution in [0.15, 0.2) is 18.3 Å². The predicted octanol–water partition coefficient (Wildman–Crippen LogP) is 0.910. The van der Waals surface area contributed by atoms with E-state index >= 15 is 0 Å². The molecule has 1 rings (SSSR count). The molecule has 1 aromatic rings. The fraction of sp³-hybridized carbons (Fsp3) is 0.143. The molecule has 4 heteroatoms. The van der Waals surface area contributed by atoms with Crippen molar-refractivity contribution in [1.29, 1.82) is 0 Å². The number of hydrogen-bond donors (Lipinski definition) is 1. The van der Waals surface area contributed by atoms with Gasteiger partial charge >= 0.3 is 0 Å². The Morgan fingerprint density at radius 1 is 1.64 bits per heavy atom. The van der Waals surface area contributed by atoms with Crippen molar-refractivity contribution in [2.45, 2.75) is 0 Å². The van der Waals surface area contributed by atoms with Crippen molar-refractivity contribution in [3.05, 3.63) is 29.0 Å². The Morgan fingerprint density at radius 3 is 2.82 bits per heavy atom. The summed E-state index contributed by atoms with van der Waals surface area (Å²) in [7, 11) is 0. The van der Waals surface area contributed by atoms with Crippen LogP contribution >= 0.6 is 11.6 Å². The first-order valence-corrected chi connectivity index (χ1v) is 3.37. The summed E-state index contributed by atoms with van der Waals surface area (Å²) in [6.45, 7) is -0.497. The minimum atomic E-state index is -0.497. The first kappa shape index (κ1) is 8.17. The second-order valence-corrected chi connectivity index (χ2v) is 2.34. The molecule has 11 heavy (non-hydrogen) atoms. The molecule has 0 aliphatic rings. The van der Waals surface area contributed by atoms with Gasteiger partial charge in [0.15, 0.2) is 5.78 Å². The lowest BCUT2D eigenvalue weighted by Crippen LogP contribution is -2.04. The Balaban J connectivity index is 2.90. The third kappa shape index (κ3) is 2.00. The summed E-state index contributed by atoms with van der Waals surface area (Å²) in [5.74, 6) is -0.353. The van der Waals surface area contributed by atoms with Crippen molar-refractivity contribution in [1.82, 2.24) is 4.98 Å². The maximum atomic E-state index is 10.8. The number of carbonyl (C=O) groups is 1. The number of aliphatic hydroxyl groups is 1. The molecule has 0 fully saturated rings. The van der Waals surface area contributed by atoms with E-state index in [1.165, 1.54) is 18.3 Å². The van der Waals surface area contributed by atoms with E-state index in [0.29, 0.717) is 10.7 Å². The van der Waals surface area contributed by atoms with Gasteiger partial charge in [-0.1, -0.05) is 11.6 Å². The zero-order valence-electron chi connectivity index (χ0n) is 5.62. The third-order valence-electron chi connectivity index (χ3n) is 1.19. The van der Waals surface area contributed by atoms with Gasteiger partial charge in [0.1, 0.15) is 11.8 Å². The molecule has 0 saturated carbocycles. The van der Waals surface area contributed by atoms with Gasteiger partial charge in [-0.2, -0.15) is 0 Å². The van der Waals surface area contributed by atoms with E-state index in [2.05, 4.69) is 4.98 Å². The number of halogens is 1. The molecule has 1 N–H and O–H groups in total. The third-order valence-corrected chi connectivity index (χ3v) is 1.42. The standard InChI is InChI=1S/C7H6ClNO2/c8-7-2-1-5(3-9-7)6(11)4-10/h1-3,10H,4H2. The van der Waals surface area contributed by atoms with Crippen molar-refractivity contribution < 1.29 is 9.90 Å². The van der Waals surface area contributed by atoms with Gasteiger partial charge < -0.3 is 5.11 Å². The number of ketones is 1. The number of hydrogen-bond acceptors (Lipinski definition) is 3. The highest BCUT2D eigenvalue weighted by atomic mass is 35.5. The number of rotatable bonds is 2. The van der Waals surface area contributed by atoms with Gasteiger partial charge in [-0.15, -0.1) is 0 Å². The largest absolute Gasteiger partial charge is 0.388 e. The fourth-order valence-electron chi connectivity index (χ4n) is 0.632. The number of carbonyl (C=O) groups excluding carboxylic acids is 1. The number of Topliss-reactive ketones (excluding diaryl/α,β-unsaturated/α-hetero) is 1. The monoisotopic (exact) mass is 171 g/mol. The molecule has 0 aliphatic carbocycles. The highest BCUT2D eigenvalue weighted by Crippen LogP contribution is 2.05. The SMILES string of the molecule is O=C(CO)c1ccc(Cl)nc1. The van der Waals surface area contributed by atoms with Gasteiger partial charge in [-0.05, 0) is 12.1 Å². The lowest BCUT2D eigenvalue weighted by molar-refractivity contribution is 0.0903. The van der Waals surface area contributed by atoms with Crippen molar-refractivity contribution in [2.24, 2.45) is 0 Å². The van der Waals surface area contributed by atoms with Crippen LogP contribution in [-0.4, -0.2) is 22.5 Å². The molecule has 0 saturated heterocycles. The first-order valence-electron chi connectivity index (χ1n) is 2.99. The van der Waals surface area contributed by atoms with Crippen LogP contribution in [0.2, 0.25) is 5.15 Å². The van der Waals surface area contributed by atoms with Crippen molar-refractivity contribution >= 4 is 17.4 Å². The highest BCUT2D eigenvalue weighted by molar-refractivity contribution is 6.29. The average Bonchev–Trinajstić information content (AvgIpc) is 2.05. The minimum Gasteiger partial charge on any atom is -0.388 e. The van der Waals surface area contributed by atoms with Gasteiger partial charge in [0, 0.05) is 11.8 Å². The molecular weight excluding hydrogens is 166 g/mol. The second kappa shape index (κ2) is 3.46. The Bertz CT molecular complexity index is 258. The lowest BCUT2D eigenvalue weighted by Gasteiger charge is -1.94. The summed E-state index contributed by atoms with van der Waals surface area (Å²) in [5.41, 5.74) is 0.372. The molecular formula is C7H6ClNO2. The van der Waals surface area contributed by atoms with E-state index in [-0.39, 0.29) is 5.78 Å². The fourth-order valence-corrected chi connectivity index (χ4v) is 0.744. The number of nitrogens with zero attached hydrogens (tertiary/aromatic N) is 1. The molecule has 0 spiro atoms. The van der Waals surface area contributed by atoms with Crippen LogP contribution in [-0.2, 0) is 0 Å². The van der Waals surface area contributed by atoms with Crippen molar-refractivity contribution in [2.75, 3.05) is 6.61 Å². The number of aromatic nitrogens is 1. The van der Waals surface area contributed by atoms with Crippen LogP contribution in [0.1, 0.15) is 10.4 Å². The Morgan fingerprint density at radius 2 is 2.36 bits per heavy atom. The maximum absolute atomic E-state index is 10.8. The summed E-state index contributed by atoms with van der Waals surface area (Å²) in [5, 5.41) is 8.78. The van der Waals surface area contributed by atoms with Crippen LogP contribution in [0, 0.1) is 0 Å². The number of pyridine rings is 1. The van der Waals surface area contributed by atoms with Crippen molar-refractivity contribution in [3.63, 3.8) is 0 Å². The van der Waals surface area contributed by atoms with E-state index in [9.17, 15) is 4.79 Å². The molecule has 3 nitrogen and oxygen atoms in total. The maximum Gasteiger partial charge on any atom is 0.189 e. The van der Waals surface area contributed by atoms with Crippen LogP contribution in [0.3, 0.4) is 0 Å². The lowest BCUT2D eigenvalue weighted by atomic mass is 10.2. The molecule has 0 aliphatic heterocycles. The van der Waals surface area contributed by atoms with Crippen LogP contribution in [0.5, 0.6) is 0 Å². The van der Waals surface area contributed by atoms with Gasteiger partial charge in [0.25, 0.3) is 0 Å². The average molecular weight is 172 g/mol. The van der Waals surface area contributed by atoms with Gasteiger partial charge in [-0.25, -0.2) is 4.98 Å². The molecule has 0 amide bonds. The summed E-state index contributed by atoms with van der Waals surface area (Å²) in [6, 6.07) is 3.03. The van der Waals surface area contributed by atoms with Gasteiger partial charge in [-0.3, -0.25) is 4.79 Å². The van der Waals surface area contributed by atoms with E-state index in [1.54, 1.807) is 0 Å². The Labute approximate surface area is 68.6 Å². The Kier molecular flexibility index (Phi) is 2.57. The molecule has 1 aromatic heterocycles. The quantitative estimate of drug-likeness (QED) is 0.532. The second-order valence-electron chi connectivity index (χ2n) is 1.95. The highest BCUT2D eigenvalue weighted by Gasteiger charge is 2.02. The van der Waals surface area contributed by atoms with Gasteiger partial charge in [0.2, 0.25) is 0 Å². The van der Waals surface area contributed by atoms with Crippen LogP contribution in [0.25, 0.3) is 0 Å². The zero-order valence-corrected chi connectivity index (χ0v) is 6.38. The molecule has 0 aromatic carbocycles. The topological polar surface area (TPSA) is 50.2 Å². The molecule has 0 bridgehead atoms. The van der Waals surface area contributed by atoms with Crippen LogP contribution in [0.4, 0.5) is 0 Å². The molecule has 0 atom stereocenters. The van der Waals surface area contributed by atoms with Gasteiger partial charge in [0.05, 0.1) is 0 Å². The van der Waals surface area contributed by atoms with Crippen LogP contribution < -0.4 is 0 Å². The van der Waals surface area contributed by atoms with E-state index < -0.39 is 6.61 Å². The van der Waals surface area contributed by atoms with E-state index in [0.717, 1.165) is 0 Å². The predicted molar refractivity (Wildman–Crippen MR) is 40.7 cm³/mol. The first-order chi connectivity index (χ1) is 5.24. The van der Waals surface area contributed by atoms with E-state index in [1.807, 2.05) is 0 Å². The summed E-state index contributed by atoms with van der Waals surface area (Å²) in [4.78, 5) is 14.5. The zero-order chi connectivity index (χ0) is 8.27. The molecule has 58 valence electrons. The molecule has 1 heterocycles.